The Morgan fingerprint density at radius 2 is 1.94 bits per heavy atom. The Labute approximate surface area is 106 Å². The molecule has 1 N–H and O–H groups in total. The average Bonchev–Trinajstić information content (AvgIpc) is 3.05. The highest BCUT2D eigenvalue weighted by atomic mass is 16.5. The summed E-state index contributed by atoms with van der Waals surface area (Å²) >= 11 is 0. The van der Waals surface area contributed by atoms with Crippen LogP contribution in [0.1, 0.15) is 39.5 Å². The van der Waals surface area contributed by atoms with Gasteiger partial charge in [-0.25, -0.2) is 0 Å². The first-order chi connectivity index (χ1) is 8.18. The average molecular weight is 243 g/mol. The predicted molar refractivity (Wildman–Crippen MR) is 71.3 cm³/mol. The van der Waals surface area contributed by atoms with Crippen molar-refractivity contribution in [3.05, 3.63) is 0 Å². The first-order valence-corrected chi connectivity index (χ1v) is 6.96. The summed E-state index contributed by atoms with van der Waals surface area (Å²) in [6.45, 7) is 9.20. The molecule has 0 unspecified atom stereocenters. The van der Waals surface area contributed by atoms with Crippen molar-refractivity contribution in [3.8, 4) is 0 Å². The van der Waals surface area contributed by atoms with Gasteiger partial charge in [-0.3, -0.25) is 0 Å². The van der Waals surface area contributed by atoms with Crippen molar-refractivity contribution >= 4 is 0 Å². The summed E-state index contributed by atoms with van der Waals surface area (Å²) in [6.07, 6.45) is 5.08. The van der Waals surface area contributed by atoms with Gasteiger partial charge in [0.25, 0.3) is 0 Å². The van der Waals surface area contributed by atoms with Crippen molar-refractivity contribution in [1.29, 1.82) is 0 Å². The van der Waals surface area contributed by atoms with Gasteiger partial charge >= 0.3 is 0 Å². The van der Waals surface area contributed by atoms with E-state index in [-0.39, 0.29) is 0 Å². The van der Waals surface area contributed by atoms with Gasteiger partial charge in [-0.2, -0.15) is 0 Å². The van der Waals surface area contributed by atoms with Crippen molar-refractivity contribution in [1.82, 2.24) is 5.32 Å². The van der Waals surface area contributed by atoms with Crippen LogP contribution in [0.4, 0.5) is 0 Å². The molecule has 1 saturated carbocycles. The minimum absolute atomic E-state index is 0.550. The molecule has 0 heterocycles. The highest BCUT2D eigenvalue weighted by molar-refractivity contribution is 4.94. The molecule has 1 rings (SSSR count). The van der Waals surface area contributed by atoms with Gasteiger partial charge in [-0.15, -0.1) is 0 Å². The number of hydrogen-bond donors (Lipinski definition) is 1. The number of ether oxygens (including phenoxy) is 2. The summed E-state index contributed by atoms with van der Waals surface area (Å²) in [4.78, 5) is 0. The fourth-order valence-corrected chi connectivity index (χ4v) is 1.93. The van der Waals surface area contributed by atoms with Gasteiger partial charge in [0.1, 0.15) is 0 Å². The topological polar surface area (TPSA) is 30.5 Å². The third kappa shape index (κ3) is 7.02. The van der Waals surface area contributed by atoms with Crippen molar-refractivity contribution in [3.63, 3.8) is 0 Å². The summed E-state index contributed by atoms with van der Waals surface area (Å²) in [6, 6.07) is 0. The Balaban J connectivity index is 1.87. The van der Waals surface area contributed by atoms with Crippen LogP contribution in [0.5, 0.6) is 0 Å². The predicted octanol–water partition coefficient (Wildman–Crippen LogP) is 2.46. The zero-order valence-electron chi connectivity index (χ0n) is 11.8. The van der Waals surface area contributed by atoms with E-state index < -0.39 is 0 Å². The first kappa shape index (κ1) is 14.9. The smallest absolute Gasteiger partial charge is 0.0590 e. The van der Waals surface area contributed by atoms with Gasteiger partial charge in [0.05, 0.1) is 6.61 Å². The maximum absolute atomic E-state index is 5.57. The zero-order valence-corrected chi connectivity index (χ0v) is 11.8. The Morgan fingerprint density at radius 3 is 2.53 bits per heavy atom. The molecule has 0 amide bonds. The summed E-state index contributed by atoms with van der Waals surface area (Å²) < 4.78 is 10.7. The minimum Gasteiger partial charge on any atom is -0.385 e. The van der Waals surface area contributed by atoms with Gasteiger partial charge in [-0.1, -0.05) is 13.8 Å². The molecule has 3 heteroatoms. The van der Waals surface area contributed by atoms with Crippen LogP contribution >= 0.6 is 0 Å². The SMILES string of the molecule is COCCC1(CNCCOCCC(C)C)CC1. The lowest BCUT2D eigenvalue weighted by atomic mass is 10.0. The molecular formula is C14H29NO2. The maximum atomic E-state index is 5.57. The molecule has 3 nitrogen and oxygen atoms in total. The van der Waals surface area contributed by atoms with Gasteiger partial charge in [0, 0.05) is 33.4 Å². The van der Waals surface area contributed by atoms with Crippen molar-refractivity contribution < 1.29 is 9.47 Å². The highest BCUT2D eigenvalue weighted by Gasteiger charge is 2.41. The molecular weight excluding hydrogens is 214 g/mol. The summed E-state index contributed by atoms with van der Waals surface area (Å²) in [7, 11) is 1.78. The lowest BCUT2D eigenvalue weighted by Crippen LogP contribution is -2.28. The molecule has 0 aromatic heterocycles. The molecule has 0 aromatic carbocycles. The van der Waals surface area contributed by atoms with E-state index in [0.717, 1.165) is 45.2 Å². The Bertz CT molecular complexity index is 191. The summed E-state index contributed by atoms with van der Waals surface area (Å²) in [5, 5.41) is 3.50. The number of methoxy groups -OCH3 is 1. The van der Waals surface area contributed by atoms with Crippen LogP contribution in [0.3, 0.4) is 0 Å². The zero-order chi connectivity index (χ0) is 12.6. The molecule has 102 valence electrons. The van der Waals surface area contributed by atoms with Crippen molar-refractivity contribution in [2.24, 2.45) is 11.3 Å². The van der Waals surface area contributed by atoms with E-state index in [1.165, 1.54) is 19.3 Å². The van der Waals surface area contributed by atoms with E-state index in [9.17, 15) is 0 Å². The second kappa shape index (κ2) is 8.06. The van der Waals surface area contributed by atoms with E-state index in [0.29, 0.717) is 5.41 Å². The van der Waals surface area contributed by atoms with Gasteiger partial charge < -0.3 is 14.8 Å². The largest absolute Gasteiger partial charge is 0.385 e. The Kier molecular flexibility index (Phi) is 7.09. The maximum Gasteiger partial charge on any atom is 0.0590 e. The monoisotopic (exact) mass is 243 g/mol. The van der Waals surface area contributed by atoms with E-state index in [2.05, 4.69) is 19.2 Å². The van der Waals surface area contributed by atoms with E-state index in [1.54, 1.807) is 7.11 Å². The summed E-state index contributed by atoms with van der Waals surface area (Å²) in [5.41, 5.74) is 0.550. The summed E-state index contributed by atoms with van der Waals surface area (Å²) in [5.74, 6) is 0.742. The van der Waals surface area contributed by atoms with Gasteiger partial charge in [0.15, 0.2) is 0 Å². The van der Waals surface area contributed by atoms with Crippen molar-refractivity contribution in [2.75, 3.05) is 40.0 Å². The molecule has 0 bridgehead atoms. The Hall–Kier alpha value is -0.120. The van der Waals surface area contributed by atoms with Crippen LogP contribution in [-0.4, -0.2) is 40.0 Å². The molecule has 1 fully saturated rings. The molecule has 0 atom stereocenters. The van der Waals surface area contributed by atoms with Crippen LogP contribution in [0.25, 0.3) is 0 Å². The van der Waals surface area contributed by atoms with E-state index in [1.807, 2.05) is 0 Å². The van der Waals surface area contributed by atoms with Crippen molar-refractivity contribution in [2.45, 2.75) is 39.5 Å². The second-order valence-corrected chi connectivity index (χ2v) is 5.71. The third-order valence-corrected chi connectivity index (χ3v) is 3.56. The van der Waals surface area contributed by atoms with Crippen LogP contribution in [0.15, 0.2) is 0 Å². The first-order valence-electron chi connectivity index (χ1n) is 6.96. The molecule has 17 heavy (non-hydrogen) atoms. The third-order valence-electron chi connectivity index (χ3n) is 3.56. The van der Waals surface area contributed by atoms with Crippen LogP contribution in [0.2, 0.25) is 0 Å². The molecule has 0 radical (unpaired) electrons. The fraction of sp³-hybridized carbons (Fsp3) is 1.00. The fourth-order valence-electron chi connectivity index (χ4n) is 1.93. The molecule has 0 spiro atoms. The number of rotatable bonds is 11. The van der Waals surface area contributed by atoms with Crippen LogP contribution in [-0.2, 0) is 9.47 Å². The number of hydrogen-bond acceptors (Lipinski definition) is 3. The normalized spacial score (nSPS) is 17.6. The molecule has 0 saturated heterocycles. The minimum atomic E-state index is 0.550. The standard InChI is InChI=1S/C14H29NO2/c1-13(2)4-9-17-11-8-15-12-14(5-6-14)7-10-16-3/h13,15H,4-12H2,1-3H3. The van der Waals surface area contributed by atoms with E-state index in [4.69, 9.17) is 9.47 Å². The van der Waals surface area contributed by atoms with Gasteiger partial charge in [0.2, 0.25) is 0 Å². The lowest BCUT2D eigenvalue weighted by molar-refractivity contribution is 0.123. The molecule has 0 aliphatic heterocycles. The molecule has 0 aromatic rings. The van der Waals surface area contributed by atoms with Gasteiger partial charge in [-0.05, 0) is 37.0 Å². The van der Waals surface area contributed by atoms with Crippen LogP contribution in [0, 0.1) is 11.3 Å². The molecule has 1 aliphatic rings. The Morgan fingerprint density at radius 1 is 1.18 bits per heavy atom. The lowest BCUT2D eigenvalue weighted by Gasteiger charge is -2.15. The highest BCUT2D eigenvalue weighted by Crippen LogP contribution is 2.48. The van der Waals surface area contributed by atoms with E-state index >= 15 is 0 Å². The van der Waals surface area contributed by atoms with Crippen LogP contribution < -0.4 is 5.32 Å². The number of nitrogens with one attached hydrogen (secondary N) is 1. The quantitative estimate of drug-likeness (QED) is 0.565. The second-order valence-electron chi connectivity index (χ2n) is 5.71. The molecule has 1 aliphatic carbocycles.